The molecular weight excluding hydrogens is 286 g/mol. The average molecular weight is 307 g/mol. The summed E-state index contributed by atoms with van der Waals surface area (Å²) in [6, 6.07) is 4.06. The van der Waals surface area contributed by atoms with Gasteiger partial charge in [0.15, 0.2) is 6.61 Å². The van der Waals surface area contributed by atoms with Gasteiger partial charge in [-0.1, -0.05) is 31.7 Å². The number of thiophene rings is 1. The Morgan fingerprint density at radius 3 is 2.71 bits per heavy atom. The van der Waals surface area contributed by atoms with E-state index in [4.69, 9.17) is 4.74 Å². The summed E-state index contributed by atoms with van der Waals surface area (Å²) in [7, 11) is 0. The predicted molar refractivity (Wildman–Crippen MR) is 83.9 cm³/mol. The van der Waals surface area contributed by atoms with Gasteiger partial charge in [-0.05, 0) is 30.4 Å². The van der Waals surface area contributed by atoms with Crippen molar-refractivity contribution >= 4 is 29.3 Å². The molecule has 0 atom stereocenters. The normalized spacial score (nSPS) is 16.6. The number of amides is 1. The van der Waals surface area contributed by atoms with Gasteiger partial charge in [0.25, 0.3) is 5.91 Å². The zero-order chi connectivity index (χ0) is 14.9. The van der Waals surface area contributed by atoms with Gasteiger partial charge in [0.2, 0.25) is 0 Å². The van der Waals surface area contributed by atoms with Crippen LogP contribution in [-0.4, -0.2) is 24.5 Å². The van der Waals surface area contributed by atoms with E-state index >= 15 is 0 Å². The lowest BCUT2D eigenvalue weighted by Gasteiger charge is -2.15. The van der Waals surface area contributed by atoms with Crippen LogP contribution >= 0.6 is 11.3 Å². The molecule has 0 radical (unpaired) electrons. The second-order valence-corrected chi connectivity index (χ2v) is 6.19. The lowest BCUT2D eigenvalue weighted by Crippen LogP contribution is -2.37. The zero-order valence-electron chi connectivity index (χ0n) is 12.0. The van der Waals surface area contributed by atoms with Crippen molar-refractivity contribution in [3.8, 4) is 0 Å². The SMILES string of the molecule is O=C(COC(=O)C=Cc1cccs1)NC1CCCCCC1. The third-order valence-corrected chi connectivity index (χ3v) is 4.33. The topological polar surface area (TPSA) is 55.4 Å². The molecule has 1 aliphatic rings. The highest BCUT2D eigenvalue weighted by Gasteiger charge is 2.15. The lowest BCUT2D eigenvalue weighted by molar-refractivity contribution is -0.144. The zero-order valence-corrected chi connectivity index (χ0v) is 12.9. The van der Waals surface area contributed by atoms with Crippen LogP contribution in [0.25, 0.3) is 6.08 Å². The third kappa shape index (κ3) is 6.12. The van der Waals surface area contributed by atoms with Crippen molar-refractivity contribution in [3.63, 3.8) is 0 Å². The monoisotopic (exact) mass is 307 g/mol. The summed E-state index contributed by atoms with van der Waals surface area (Å²) in [6.07, 6.45) is 9.91. The molecule has 1 amide bonds. The second kappa shape index (κ2) is 8.62. The first kappa shape index (κ1) is 15.8. The Labute approximate surface area is 129 Å². The van der Waals surface area contributed by atoms with Gasteiger partial charge in [-0.25, -0.2) is 4.79 Å². The van der Waals surface area contributed by atoms with Crippen LogP contribution in [-0.2, 0) is 14.3 Å². The fourth-order valence-electron chi connectivity index (χ4n) is 2.41. The molecule has 21 heavy (non-hydrogen) atoms. The van der Waals surface area contributed by atoms with E-state index < -0.39 is 5.97 Å². The number of hydrogen-bond acceptors (Lipinski definition) is 4. The van der Waals surface area contributed by atoms with Gasteiger partial charge in [-0.15, -0.1) is 11.3 Å². The predicted octanol–water partition coefficient (Wildman–Crippen LogP) is 3.14. The maximum absolute atomic E-state index is 11.8. The van der Waals surface area contributed by atoms with E-state index in [9.17, 15) is 9.59 Å². The van der Waals surface area contributed by atoms with Crippen molar-refractivity contribution in [1.82, 2.24) is 5.32 Å². The first-order valence-corrected chi connectivity index (χ1v) is 8.30. The Kier molecular flexibility index (Phi) is 6.47. The molecule has 2 rings (SSSR count). The largest absolute Gasteiger partial charge is 0.452 e. The van der Waals surface area contributed by atoms with Gasteiger partial charge in [0.05, 0.1) is 0 Å². The summed E-state index contributed by atoms with van der Waals surface area (Å²) in [6.45, 7) is -0.204. The quantitative estimate of drug-likeness (QED) is 0.516. The number of esters is 1. The van der Waals surface area contributed by atoms with Gasteiger partial charge in [0, 0.05) is 17.0 Å². The molecule has 0 aromatic carbocycles. The van der Waals surface area contributed by atoms with Crippen molar-refractivity contribution in [1.29, 1.82) is 0 Å². The van der Waals surface area contributed by atoms with E-state index in [-0.39, 0.29) is 18.6 Å². The Bertz CT molecular complexity index is 474. The molecule has 1 saturated carbocycles. The summed E-state index contributed by atoms with van der Waals surface area (Å²) in [5.41, 5.74) is 0. The minimum absolute atomic E-state index is 0.204. The summed E-state index contributed by atoms with van der Waals surface area (Å²) in [5.74, 6) is -0.695. The van der Waals surface area contributed by atoms with Crippen molar-refractivity contribution in [2.24, 2.45) is 0 Å². The molecular formula is C16H21NO3S. The number of carbonyl (C=O) groups excluding carboxylic acids is 2. The van der Waals surface area contributed by atoms with Crippen LogP contribution in [0.3, 0.4) is 0 Å². The Morgan fingerprint density at radius 2 is 2.05 bits per heavy atom. The fourth-order valence-corrected chi connectivity index (χ4v) is 3.03. The van der Waals surface area contributed by atoms with Crippen LogP contribution < -0.4 is 5.32 Å². The Morgan fingerprint density at radius 1 is 1.29 bits per heavy atom. The van der Waals surface area contributed by atoms with Crippen LogP contribution in [0.15, 0.2) is 23.6 Å². The molecule has 1 aliphatic carbocycles. The molecule has 0 saturated heterocycles. The molecule has 0 aliphatic heterocycles. The van der Waals surface area contributed by atoms with Gasteiger partial charge in [-0.2, -0.15) is 0 Å². The average Bonchev–Trinajstić information content (AvgIpc) is 2.87. The summed E-state index contributed by atoms with van der Waals surface area (Å²) in [5, 5.41) is 4.88. The van der Waals surface area contributed by atoms with Crippen LogP contribution in [0.2, 0.25) is 0 Å². The van der Waals surface area contributed by atoms with Gasteiger partial charge < -0.3 is 10.1 Å². The van der Waals surface area contributed by atoms with Gasteiger partial charge >= 0.3 is 5.97 Å². The van der Waals surface area contributed by atoms with Crippen molar-refractivity contribution in [2.75, 3.05) is 6.61 Å². The lowest BCUT2D eigenvalue weighted by atomic mass is 10.1. The van der Waals surface area contributed by atoms with E-state index in [1.165, 1.54) is 18.9 Å². The molecule has 1 fully saturated rings. The third-order valence-electron chi connectivity index (χ3n) is 3.49. The maximum Gasteiger partial charge on any atom is 0.331 e. The van der Waals surface area contributed by atoms with Crippen molar-refractivity contribution in [3.05, 3.63) is 28.5 Å². The van der Waals surface area contributed by atoms with Crippen LogP contribution in [0.4, 0.5) is 0 Å². The molecule has 1 aromatic rings. The highest BCUT2D eigenvalue weighted by molar-refractivity contribution is 7.10. The number of nitrogens with one attached hydrogen (secondary N) is 1. The van der Waals surface area contributed by atoms with Gasteiger partial charge in [0.1, 0.15) is 0 Å². The number of ether oxygens (including phenoxy) is 1. The summed E-state index contributed by atoms with van der Waals surface area (Å²) in [4.78, 5) is 24.2. The molecule has 1 N–H and O–H groups in total. The number of carbonyl (C=O) groups is 2. The first-order chi connectivity index (χ1) is 10.2. The van der Waals surface area contributed by atoms with E-state index in [1.807, 2.05) is 17.5 Å². The highest BCUT2D eigenvalue weighted by Crippen LogP contribution is 2.17. The van der Waals surface area contributed by atoms with E-state index in [0.717, 1.165) is 30.6 Å². The Balaban J connectivity index is 1.67. The van der Waals surface area contributed by atoms with E-state index in [1.54, 1.807) is 17.4 Å². The van der Waals surface area contributed by atoms with E-state index in [2.05, 4.69) is 5.32 Å². The van der Waals surface area contributed by atoms with Crippen molar-refractivity contribution < 1.29 is 14.3 Å². The summed E-state index contributed by atoms with van der Waals surface area (Å²) >= 11 is 1.54. The first-order valence-electron chi connectivity index (χ1n) is 7.42. The molecule has 1 aromatic heterocycles. The molecule has 0 unspecified atom stereocenters. The van der Waals surface area contributed by atoms with Gasteiger partial charge in [-0.3, -0.25) is 4.79 Å². The fraction of sp³-hybridized carbons (Fsp3) is 0.500. The van der Waals surface area contributed by atoms with E-state index in [0.29, 0.717) is 0 Å². The molecule has 0 spiro atoms. The molecule has 1 heterocycles. The standard InChI is InChI=1S/C16H21NO3S/c18-15(17-13-6-3-1-2-4-7-13)12-20-16(19)10-9-14-8-5-11-21-14/h5,8-11,13H,1-4,6-7,12H2,(H,17,18). The molecule has 5 heteroatoms. The summed E-state index contributed by atoms with van der Waals surface area (Å²) < 4.78 is 4.94. The highest BCUT2D eigenvalue weighted by atomic mass is 32.1. The minimum Gasteiger partial charge on any atom is -0.452 e. The van der Waals surface area contributed by atoms with Crippen LogP contribution in [0.1, 0.15) is 43.4 Å². The van der Waals surface area contributed by atoms with Crippen LogP contribution in [0.5, 0.6) is 0 Å². The molecule has 114 valence electrons. The number of rotatable bonds is 5. The second-order valence-electron chi connectivity index (χ2n) is 5.21. The molecule has 4 nitrogen and oxygen atoms in total. The minimum atomic E-state index is -0.487. The maximum atomic E-state index is 11.8. The van der Waals surface area contributed by atoms with Crippen molar-refractivity contribution in [2.45, 2.75) is 44.6 Å². The smallest absolute Gasteiger partial charge is 0.331 e. The number of hydrogen-bond donors (Lipinski definition) is 1. The molecule has 0 bridgehead atoms. The Hall–Kier alpha value is -1.62. The van der Waals surface area contributed by atoms with Crippen LogP contribution in [0, 0.1) is 0 Å².